The van der Waals surface area contributed by atoms with Gasteiger partial charge in [-0.2, -0.15) is 40.2 Å². The maximum absolute atomic E-state index is 13.5. The molecule has 0 aromatic carbocycles. The lowest BCUT2D eigenvalue weighted by molar-refractivity contribution is -0.287. The van der Waals surface area contributed by atoms with Crippen LogP contribution in [0.5, 0.6) is 0 Å². The average Bonchev–Trinajstić information content (AvgIpc) is 3.11. The SMILES string of the molecule is Cc1cn2c(=O)c(-c3ccn(CC(F)(F)C(F)(F)F)n3)c(C(F)(F)F)nc2n1C. The molecule has 0 aliphatic rings. The highest BCUT2D eigenvalue weighted by Gasteiger charge is 2.57. The summed E-state index contributed by atoms with van der Waals surface area (Å²) in [4.78, 5) is 16.1. The van der Waals surface area contributed by atoms with E-state index in [2.05, 4.69) is 10.1 Å². The van der Waals surface area contributed by atoms with Gasteiger partial charge < -0.3 is 4.57 Å². The van der Waals surface area contributed by atoms with E-state index in [0.717, 1.165) is 10.5 Å². The van der Waals surface area contributed by atoms with Crippen LogP contribution in [0.25, 0.3) is 17.0 Å². The summed E-state index contributed by atoms with van der Waals surface area (Å²) < 4.78 is 106. The Morgan fingerprint density at radius 2 is 1.69 bits per heavy atom. The minimum absolute atomic E-state index is 0.119. The molecule has 3 aromatic rings. The Balaban J connectivity index is 2.19. The van der Waals surface area contributed by atoms with Crippen molar-refractivity contribution in [2.75, 3.05) is 0 Å². The normalized spacial score (nSPS) is 13.4. The largest absolute Gasteiger partial charge is 0.455 e. The van der Waals surface area contributed by atoms with Crippen molar-refractivity contribution in [3.8, 4) is 11.3 Å². The third-order valence-electron chi connectivity index (χ3n) is 4.18. The van der Waals surface area contributed by atoms with Gasteiger partial charge in [0.2, 0.25) is 5.78 Å². The zero-order chi connectivity index (χ0) is 21.9. The number of hydrogen-bond acceptors (Lipinski definition) is 3. The van der Waals surface area contributed by atoms with E-state index in [1.807, 2.05) is 0 Å². The molecule has 3 rings (SSSR count). The van der Waals surface area contributed by atoms with E-state index < -0.39 is 47.3 Å². The van der Waals surface area contributed by atoms with Gasteiger partial charge in [-0.3, -0.25) is 13.9 Å². The van der Waals surface area contributed by atoms with Crippen molar-refractivity contribution in [1.29, 1.82) is 0 Å². The number of nitrogens with zero attached hydrogens (tertiary/aromatic N) is 5. The van der Waals surface area contributed by atoms with Crippen molar-refractivity contribution in [3.63, 3.8) is 0 Å². The molecule has 0 atom stereocenters. The summed E-state index contributed by atoms with van der Waals surface area (Å²) in [5.41, 5.74) is -4.22. The highest BCUT2D eigenvalue weighted by molar-refractivity contribution is 5.63. The Morgan fingerprint density at radius 3 is 2.24 bits per heavy atom. The summed E-state index contributed by atoms with van der Waals surface area (Å²) >= 11 is 0. The van der Waals surface area contributed by atoms with Crippen LogP contribution in [-0.4, -0.2) is 35.8 Å². The second-order valence-electron chi connectivity index (χ2n) is 6.24. The first-order chi connectivity index (χ1) is 13.1. The molecule has 0 aliphatic heterocycles. The van der Waals surface area contributed by atoms with Crippen LogP contribution in [0.2, 0.25) is 0 Å². The molecule has 0 bridgehead atoms. The smallest absolute Gasteiger partial charge is 0.317 e. The standard InChI is InChI=1S/C15H11F8N5O/c1-7-5-28-11(29)9(10(14(18,19)20)24-12(28)26(7)2)8-3-4-27(25-8)6-13(16,17)15(21,22)23/h3-5H,6H2,1-2H3. The molecule has 0 amide bonds. The Morgan fingerprint density at radius 1 is 1.07 bits per heavy atom. The summed E-state index contributed by atoms with van der Waals surface area (Å²) in [5.74, 6) is -5.50. The number of aromatic nitrogens is 5. The third kappa shape index (κ3) is 3.46. The zero-order valence-corrected chi connectivity index (χ0v) is 14.6. The van der Waals surface area contributed by atoms with Gasteiger partial charge in [0.05, 0.1) is 5.56 Å². The number of alkyl halides is 8. The van der Waals surface area contributed by atoms with Crippen LogP contribution >= 0.6 is 0 Å². The first kappa shape index (κ1) is 20.8. The molecule has 158 valence electrons. The molecule has 0 aliphatic carbocycles. The summed E-state index contributed by atoms with van der Waals surface area (Å²) in [6, 6.07) is 0.738. The van der Waals surface area contributed by atoms with Gasteiger partial charge >= 0.3 is 18.3 Å². The minimum Gasteiger partial charge on any atom is -0.317 e. The van der Waals surface area contributed by atoms with E-state index in [1.54, 1.807) is 0 Å². The van der Waals surface area contributed by atoms with Crippen LogP contribution in [-0.2, 0) is 19.8 Å². The van der Waals surface area contributed by atoms with E-state index in [9.17, 15) is 39.9 Å². The van der Waals surface area contributed by atoms with Gasteiger partial charge in [0.1, 0.15) is 12.2 Å². The van der Waals surface area contributed by atoms with Gasteiger partial charge in [-0.05, 0) is 13.0 Å². The van der Waals surface area contributed by atoms with Crippen molar-refractivity contribution < 1.29 is 35.1 Å². The summed E-state index contributed by atoms with van der Waals surface area (Å²) in [7, 11) is 1.38. The number of halogens is 8. The number of fused-ring (bicyclic) bond motifs is 1. The predicted octanol–water partition coefficient (Wildman–Crippen LogP) is 3.42. The van der Waals surface area contributed by atoms with Crippen molar-refractivity contribution in [2.45, 2.75) is 31.7 Å². The molecule has 14 heteroatoms. The van der Waals surface area contributed by atoms with E-state index >= 15 is 0 Å². The number of hydrogen-bond donors (Lipinski definition) is 0. The molecule has 3 aromatic heterocycles. The maximum atomic E-state index is 13.5. The average molecular weight is 429 g/mol. The lowest BCUT2D eigenvalue weighted by atomic mass is 10.1. The van der Waals surface area contributed by atoms with Crippen molar-refractivity contribution in [2.24, 2.45) is 7.05 Å². The van der Waals surface area contributed by atoms with Crippen LogP contribution in [0.4, 0.5) is 35.1 Å². The highest BCUT2D eigenvalue weighted by Crippen LogP contribution is 2.37. The molecule has 0 N–H and O–H groups in total. The Hall–Kier alpha value is -2.93. The number of aryl methyl sites for hydroxylation is 2. The maximum Gasteiger partial charge on any atom is 0.455 e. The molecule has 0 fully saturated rings. The highest BCUT2D eigenvalue weighted by atomic mass is 19.4. The monoisotopic (exact) mass is 429 g/mol. The topological polar surface area (TPSA) is 57.1 Å². The van der Waals surface area contributed by atoms with Gasteiger partial charge in [-0.1, -0.05) is 0 Å². The van der Waals surface area contributed by atoms with Crippen LogP contribution in [0.3, 0.4) is 0 Å². The third-order valence-corrected chi connectivity index (χ3v) is 4.18. The van der Waals surface area contributed by atoms with Gasteiger partial charge in [-0.25, -0.2) is 4.98 Å². The first-order valence-electron chi connectivity index (χ1n) is 7.78. The van der Waals surface area contributed by atoms with E-state index in [1.165, 1.54) is 24.7 Å². The van der Waals surface area contributed by atoms with Crippen LogP contribution in [0.1, 0.15) is 11.4 Å². The minimum atomic E-state index is -5.88. The molecule has 3 heterocycles. The molecule has 0 saturated carbocycles. The lowest BCUT2D eigenvalue weighted by Gasteiger charge is -2.19. The second-order valence-corrected chi connectivity index (χ2v) is 6.24. The van der Waals surface area contributed by atoms with Crippen LogP contribution in [0.15, 0.2) is 23.3 Å². The Bertz CT molecular complexity index is 1130. The fourth-order valence-corrected chi connectivity index (χ4v) is 2.62. The van der Waals surface area contributed by atoms with Crippen LogP contribution in [0, 0.1) is 6.92 Å². The van der Waals surface area contributed by atoms with E-state index in [0.29, 0.717) is 11.9 Å². The number of rotatable bonds is 3. The molecular formula is C15H11F8N5O. The fraction of sp³-hybridized carbons (Fsp3) is 0.400. The summed E-state index contributed by atoms with van der Waals surface area (Å²) in [5, 5.41) is 3.33. The molecular weight excluding hydrogens is 418 g/mol. The van der Waals surface area contributed by atoms with Crippen molar-refractivity contribution >= 4 is 5.78 Å². The fourth-order valence-electron chi connectivity index (χ4n) is 2.62. The van der Waals surface area contributed by atoms with Crippen molar-refractivity contribution in [3.05, 3.63) is 40.2 Å². The van der Waals surface area contributed by atoms with Crippen molar-refractivity contribution in [1.82, 2.24) is 23.7 Å². The van der Waals surface area contributed by atoms with Crippen LogP contribution < -0.4 is 5.56 Å². The molecule has 0 spiro atoms. The van der Waals surface area contributed by atoms with E-state index in [-0.39, 0.29) is 10.5 Å². The molecule has 0 radical (unpaired) electrons. The van der Waals surface area contributed by atoms with Gasteiger partial charge in [0, 0.05) is 25.1 Å². The van der Waals surface area contributed by atoms with Gasteiger partial charge in [-0.15, -0.1) is 0 Å². The summed E-state index contributed by atoms with van der Waals surface area (Å²) in [6.45, 7) is -0.450. The predicted molar refractivity (Wildman–Crippen MR) is 82.4 cm³/mol. The lowest BCUT2D eigenvalue weighted by Crippen LogP contribution is -2.40. The first-order valence-corrected chi connectivity index (χ1v) is 7.78. The summed E-state index contributed by atoms with van der Waals surface area (Å²) in [6.07, 6.45) is -9.15. The van der Waals surface area contributed by atoms with Gasteiger partial charge in [0.25, 0.3) is 5.56 Å². The quantitative estimate of drug-likeness (QED) is 0.600. The molecule has 0 saturated heterocycles. The second kappa shape index (κ2) is 6.29. The number of imidazole rings is 1. The van der Waals surface area contributed by atoms with Gasteiger partial charge in [0.15, 0.2) is 5.69 Å². The molecule has 29 heavy (non-hydrogen) atoms. The Labute approximate surface area is 156 Å². The molecule has 0 unspecified atom stereocenters. The molecule has 6 nitrogen and oxygen atoms in total. The Kier molecular flexibility index (Phi) is 4.51. The van der Waals surface area contributed by atoms with E-state index in [4.69, 9.17) is 0 Å². The zero-order valence-electron chi connectivity index (χ0n) is 14.6.